The van der Waals surface area contributed by atoms with Crippen LogP contribution in [-0.4, -0.2) is 49.6 Å². The average molecular weight is 335 g/mol. The number of ether oxygens (including phenoxy) is 1. The molecule has 1 amide bonds. The van der Waals surface area contributed by atoms with E-state index in [2.05, 4.69) is 0 Å². The predicted octanol–water partition coefficient (Wildman–Crippen LogP) is 3.24. The van der Waals surface area contributed by atoms with E-state index in [0.717, 1.165) is 25.9 Å². The Morgan fingerprint density at radius 1 is 1.19 bits per heavy atom. The number of hydrogen-bond donors (Lipinski definition) is 0. The van der Waals surface area contributed by atoms with Crippen molar-refractivity contribution in [1.82, 2.24) is 4.90 Å². The Kier molecular flexibility index (Phi) is 5.35. The lowest BCUT2D eigenvalue weighted by Crippen LogP contribution is -2.44. The molecule has 2 rings (SSSR count). The summed E-state index contributed by atoms with van der Waals surface area (Å²) in [6.45, 7) is 8.47. The first kappa shape index (κ1) is 17.2. The topological polar surface area (TPSA) is 48.0 Å². The van der Waals surface area contributed by atoms with Crippen molar-refractivity contribution in [2.75, 3.05) is 33.0 Å². The van der Waals surface area contributed by atoms with Crippen molar-refractivity contribution < 1.29 is 18.6 Å². The van der Waals surface area contributed by atoms with Crippen LogP contribution in [0.5, 0.6) is 0 Å². The van der Waals surface area contributed by atoms with E-state index < -0.39 is 12.1 Å². The Morgan fingerprint density at radius 2 is 1.71 bits per heavy atom. The van der Waals surface area contributed by atoms with E-state index in [-0.39, 0.29) is 6.09 Å². The Bertz CT molecular complexity index is 417. The van der Waals surface area contributed by atoms with Crippen LogP contribution >= 0.6 is 6.49 Å². The maximum absolute atomic E-state index is 12.0. The van der Waals surface area contributed by atoms with Gasteiger partial charge in [0.2, 0.25) is 0 Å². The molecule has 0 aromatic rings. The highest BCUT2D eigenvalue weighted by molar-refractivity contribution is 8.09. The maximum Gasteiger partial charge on any atom is 0.410 e. The maximum atomic E-state index is 12.0. The zero-order valence-electron chi connectivity index (χ0n) is 13.3. The van der Waals surface area contributed by atoms with Gasteiger partial charge in [-0.15, -0.1) is 0 Å². The number of rotatable bonds is 1. The summed E-state index contributed by atoms with van der Waals surface area (Å²) in [6, 6.07) is 0. The number of carbonyl (C=O) groups is 1. The molecule has 2 saturated heterocycles. The molecule has 122 valence electrons. The van der Waals surface area contributed by atoms with Gasteiger partial charge in [-0.1, -0.05) is 0 Å². The summed E-state index contributed by atoms with van der Waals surface area (Å²) in [4.78, 5) is 13.8. The van der Waals surface area contributed by atoms with E-state index >= 15 is 0 Å². The van der Waals surface area contributed by atoms with Crippen LogP contribution in [0.2, 0.25) is 0 Å². The molecule has 0 bridgehead atoms. The van der Waals surface area contributed by atoms with Gasteiger partial charge in [0.05, 0.1) is 13.2 Å². The molecule has 0 unspecified atom stereocenters. The van der Waals surface area contributed by atoms with E-state index in [1.54, 1.807) is 4.90 Å². The van der Waals surface area contributed by atoms with Crippen molar-refractivity contribution in [3.05, 3.63) is 0 Å². The molecule has 7 heteroatoms. The number of likely N-dealkylation sites (tertiary alicyclic amines) is 1. The second-order valence-corrected chi connectivity index (χ2v) is 11.0. The molecule has 0 radical (unpaired) electrons. The summed E-state index contributed by atoms with van der Waals surface area (Å²) in [5, 5.41) is 0. The van der Waals surface area contributed by atoms with Crippen LogP contribution in [0.4, 0.5) is 4.79 Å². The van der Waals surface area contributed by atoms with Crippen molar-refractivity contribution in [1.29, 1.82) is 0 Å². The quantitative estimate of drug-likeness (QED) is 0.689. The van der Waals surface area contributed by atoms with E-state index in [9.17, 15) is 4.79 Å². The lowest BCUT2D eigenvalue weighted by atomic mass is 9.85. The zero-order valence-corrected chi connectivity index (χ0v) is 15.0. The normalized spacial score (nSPS) is 32.0. The van der Waals surface area contributed by atoms with Crippen LogP contribution in [0.25, 0.3) is 0 Å². The molecule has 2 aliphatic heterocycles. The minimum Gasteiger partial charge on any atom is -0.444 e. The third-order valence-electron chi connectivity index (χ3n) is 3.90. The summed E-state index contributed by atoms with van der Waals surface area (Å²) in [5.41, 5.74) is -0.434. The summed E-state index contributed by atoms with van der Waals surface area (Å²) in [5.74, 6) is 0.945. The summed E-state index contributed by atoms with van der Waals surface area (Å²) in [6.07, 6.45) is 1.74. The van der Waals surface area contributed by atoms with Crippen molar-refractivity contribution >= 4 is 24.4 Å². The van der Waals surface area contributed by atoms with Crippen molar-refractivity contribution in [3.63, 3.8) is 0 Å². The van der Waals surface area contributed by atoms with Gasteiger partial charge in [-0.2, -0.15) is 0 Å². The molecule has 21 heavy (non-hydrogen) atoms. The van der Waals surface area contributed by atoms with Crippen LogP contribution < -0.4 is 0 Å². The Hall–Kier alpha value is -0.160. The van der Waals surface area contributed by atoms with Crippen LogP contribution in [0.3, 0.4) is 0 Å². The summed E-state index contributed by atoms with van der Waals surface area (Å²) in [7, 11) is 0. The first-order chi connectivity index (χ1) is 9.66. The van der Waals surface area contributed by atoms with Crippen molar-refractivity contribution in [2.24, 2.45) is 11.8 Å². The number of piperidine rings is 1. The number of amides is 1. The fourth-order valence-corrected chi connectivity index (χ4v) is 4.06. The first-order valence-corrected chi connectivity index (χ1v) is 10.6. The molecule has 0 saturated carbocycles. The first-order valence-electron chi connectivity index (χ1n) is 7.51. The standard InChI is InChI=1S/C14H26NO4PS/c1-14(2,3)19-13(16)15-7-5-11(6-8-15)12-9-17-20(4,21)18-10-12/h11-12H,5-10H2,1-4H3. The Morgan fingerprint density at radius 3 is 2.19 bits per heavy atom. The molecule has 2 aliphatic rings. The number of carbonyl (C=O) groups excluding carboxylic acids is 1. The smallest absolute Gasteiger partial charge is 0.410 e. The minimum atomic E-state index is -1.98. The fourth-order valence-electron chi connectivity index (χ4n) is 2.70. The zero-order chi connectivity index (χ0) is 15.7. The molecule has 0 aromatic carbocycles. The summed E-state index contributed by atoms with van der Waals surface area (Å²) < 4.78 is 16.8. The van der Waals surface area contributed by atoms with E-state index in [1.807, 2.05) is 27.4 Å². The van der Waals surface area contributed by atoms with Crippen LogP contribution in [0.1, 0.15) is 33.6 Å². The van der Waals surface area contributed by atoms with Gasteiger partial charge in [0, 0.05) is 25.7 Å². The van der Waals surface area contributed by atoms with E-state index in [1.165, 1.54) is 0 Å². The monoisotopic (exact) mass is 335 g/mol. The molecular weight excluding hydrogens is 309 g/mol. The lowest BCUT2D eigenvalue weighted by molar-refractivity contribution is 0.00890. The van der Waals surface area contributed by atoms with Gasteiger partial charge in [0.1, 0.15) is 5.60 Å². The minimum absolute atomic E-state index is 0.207. The molecule has 0 atom stereocenters. The molecule has 5 nitrogen and oxygen atoms in total. The summed E-state index contributed by atoms with van der Waals surface area (Å²) >= 11 is 5.25. The van der Waals surface area contributed by atoms with Gasteiger partial charge >= 0.3 is 6.09 Å². The highest BCUT2D eigenvalue weighted by Crippen LogP contribution is 2.49. The van der Waals surface area contributed by atoms with Crippen LogP contribution in [0.15, 0.2) is 0 Å². The molecule has 0 aliphatic carbocycles. The third-order valence-corrected chi connectivity index (χ3v) is 5.77. The highest BCUT2D eigenvalue weighted by Gasteiger charge is 2.34. The molecular formula is C14H26NO4PS. The molecule has 2 heterocycles. The second-order valence-electron chi connectivity index (χ2n) is 6.93. The lowest BCUT2D eigenvalue weighted by Gasteiger charge is -2.39. The van der Waals surface area contributed by atoms with Crippen molar-refractivity contribution in [2.45, 2.75) is 39.2 Å². The second kappa shape index (κ2) is 6.53. The molecule has 2 fully saturated rings. The molecule has 0 aromatic heterocycles. The number of nitrogens with zero attached hydrogens (tertiary/aromatic N) is 1. The van der Waals surface area contributed by atoms with E-state index in [4.69, 9.17) is 25.6 Å². The molecule has 0 N–H and O–H groups in total. The Labute approximate surface area is 132 Å². The van der Waals surface area contributed by atoms with Crippen LogP contribution in [0, 0.1) is 11.8 Å². The average Bonchev–Trinajstić information content (AvgIpc) is 2.37. The van der Waals surface area contributed by atoms with Gasteiger partial charge in [0.15, 0.2) is 6.49 Å². The SMILES string of the molecule is CC(C)(C)OC(=O)N1CCC(C2COP(C)(=S)OC2)CC1. The van der Waals surface area contributed by atoms with Gasteiger partial charge in [-0.3, -0.25) is 0 Å². The van der Waals surface area contributed by atoms with Gasteiger partial charge in [0.25, 0.3) is 0 Å². The van der Waals surface area contributed by atoms with Gasteiger partial charge in [-0.05, 0) is 51.3 Å². The largest absolute Gasteiger partial charge is 0.444 e. The van der Waals surface area contributed by atoms with Gasteiger partial charge in [-0.25, -0.2) is 4.79 Å². The predicted molar refractivity (Wildman–Crippen MR) is 86.1 cm³/mol. The van der Waals surface area contributed by atoms with E-state index in [0.29, 0.717) is 25.0 Å². The van der Waals surface area contributed by atoms with Crippen molar-refractivity contribution in [3.8, 4) is 0 Å². The Balaban J connectivity index is 1.78. The number of hydrogen-bond acceptors (Lipinski definition) is 5. The third kappa shape index (κ3) is 5.20. The highest BCUT2D eigenvalue weighted by atomic mass is 32.5. The van der Waals surface area contributed by atoms with Gasteiger partial charge < -0.3 is 18.7 Å². The fraction of sp³-hybridized carbons (Fsp3) is 0.929. The van der Waals surface area contributed by atoms with Crippen LogP contribution in [-0.2, 0) is 25.6 Å². The molecule has 0 spiro atoms.